The summed E-state index contributed by atoms with van der Waals surface area (Å²) in [6, 6.07) is 0. The number of aromatic nitrogens is 2. The van der Waals surface area contributed by atoms with Crippen molar-refractivity contribution in [3.63, 3.8) is 0 Å². The van der Waals surface area contributed by atoms with Gasteiger partial charge in [-0.1, -0.05) is 24.9 Å². The van der Waals surface area contributed by atoms with Crippen LogP contribution in [0.1, 0.15) is 38.2 Å². The lowest BCUT2D eigenvalue weighted by Gasteiger charge is -2.29. The molecule has 0 aromatic carbocycles. The molecule has 1 aromatic heterocycles. The van der Waals surface area contributed by atoms with Gasteiger partial charge in [-0.2, -0.15) is 0 Å². The summed E-state index contributed by atoms with van der Waals surface area (Å²) in [6.07, 6.45) is 7.35. The first-order chi connectivity index (χ1) is 9.70. The van der Waals surface area contributed by atoms with Crippen LogP contribution >= 0.6 is 11.6 Å². The van der Waals surface area contributed by atoms with Crippen molar-refractivity contribution >= 4 is 17.4 Å². The van der Waals surface area contributed by atoms with Crippen molar-refractivity contribution in [1.29, 1.82) is 0 Å². The second-order valence-electron chi connectivity index (χ2n) is 5.70. The average molecular weight is 297 g/mol. The molecule has 0 radical (unpaired) electrons. The number of hydrogen-bond donors (Lipinski definition) is 1. The predicted molar refractivity (Wildman–Crippen MR) is 84.4 cm³/mol. The van der Waals surface area contributed by atoms with Crippen LogP contribution in [0.2, 0.25) is 5.15 Å². The summed E-state index contributed by atoms with van der Waals surface area (Å²) in [5, 5.41) is 4.03. The Morgan fingerprint density at radius 1 is 1.35 bits per heavy atom. The highest BCUT2D eigenvalue weighted by molar-refractivity contribution is 6.30. The van der Waals surface area contributed by atoms with Crippen LogP contribution in [0, 0.1) is 5.92 Å². The van der Waals surface area contributed by atoms with Crippen LogP contribution in [-0.2, 0) is 6.42 Å². The van der Waals surface area contributed by atoms with Gasteiger partial charge in [0, 0.05) is 12.1 Å². The van der Waals surface area contributed by atoms with Crippen molar-refractivity contribution in [2.24, 2.45) is 5.92 Å². The standard InChI is InChI=1S/C15H25ClN4/c1-3-4-13-14(16)18-11-19-15(13)17-8-5-12-6-9-20(2)10-7-12/h11-12H,3-10H2,1-2H3,(H,17,18,19). The van der Waals surface area contributed by atoms with Gasteiger partial charge in [0.05, 0.1) is 0 Å². The number of halogens is 1. The molecule has 1 saturated heterocycles. The zero-order valence-corrected chi connectivity index (χ0v) is 13.3. The third-order valence-electron chi connectivity index (χ3n) is 4.08. The molecular formula is C15H25ClN4. The topological polar surface area (TPSA) is 41.1 Å². The second-order valence-corrected chi connectivity index (χ2v) is 6.06. The van der Waals surface area contributed by atoms with Crippen LogP contribution in [0.4, 0.5) is 5.82 Å². The van der Waals surface area contributed by atoms with E-state index >= 15 is 0 Å². The Balaban J connectivity index is 1.83. The summed E-state index contributed by atoms with van der Waals surface area (Å²) in [7, 11) is 2.20. The third-order valence-corrected chi connectivity index (χ3v) is 4.40. The van der Waals surface area contributed by atoms with Crippen LogP contribution in [0.3, 0.4) is 0 Å². The lowest BCUT2D eigenvalue weighted by Crippen LogP contribution is -2.30. The Morgan fingerprint density at radius 2 is 2.10 bits per heavy atom. The molecule has 0 saturated carbocycles. The van der Waals surface area contributed by atoms with Crippen LogP contribution < -0.4 is 5.32 Å². The van der Waals surface area contributed by atoms with Crippen LogP contribution in [0.25, 0.3) is 0 Å². The molecule has 2 heterocycles. The Labute approximate surface area is 126 Å². The first kappa shape index (κ1) is 15.5. The van der Waals surface area contributed by atoms with Gasteiger partial charge < -0.3 is 10.2 Å². The second kappa shape index (κ2) is 7.79. The molecule has 0 unspecified atom stereocenters. The van der Waals surface area contributed by atoms with Gasteiger partial charge >= 0.3 is 0 Å². The van der Waals surface area contributed by atoms with Crippen molar-refractivity contribution in [3.05, 3.63) is 17.0 Å². The normalized spacial score (nSPS) is 17.4. The molecule has 1 aliphatic heterocycles. The largest absolute Gasteiger partial charge is 0.370 e. The molecule has 0 bridgehead atoms. The smallest absolute Gasteiger partial charge is 0.137 e. The first-order valence-electron chi connectivity index (χ1n) is 7.62. The van der Waals surface area contributed by atoms with E-state index in [4.69, 9.17) is 11.6 Å². The van der Waals surface area contributed by atoms with Crippen molar-refractivity contribution in [3.8, 4) is 0 Å². The zero-order valence-electron chi connectivity index (χ0n) is 12.5. The number of hydrogen-bond acceptors (Lipinski definition) is 4. The molecule has 1 fully saturated rings. The molecule has 4 nitrogen and oxygen atoms in total. The molecule has 0 spiro atoms. The fraction of sp³-hybridized carbons (Fsp3) is 0.733. The maximum Gasteiger partial charge on any atom is 0.137 e. The predicted octanol–water partition coefficient (Wildman–Crippen LogP) is 3.23. The van der Waals surface area contributed by atoms with Crippen LogP contribution in [0.15, 0.2) is 6.33 Å². The van der Waals surface area contributed by atoms with Crippen molar-refractivity contribution in [2.45, 2.75) is 39.0 Å². The van der Waals surface area contributed by atoms with E-state index in [1.54, 1.807) is 6.33 Å². The van der Waals surface area contributed by atoms with Crippen molar-refractivity contribution in [2.75, 3.05) is 32.0 Å². The van der Waals surface area contributed by atoms with Gasteiger partial charge in [0.15, 0.2) is 0 Å². The fourth-order valence-electron chi connectivity index (χ4n) is 2.76. The number of nitrogens with zero attached hydrogens (tertiary/aromatic N) is 3. The number of piperidine rings is 1. The van der Waals surface area contributed by atoms with Gasteiger partial charge in [-0.05, 0) is 51.7 Å². The molecule has 1 aliphatic rings. The Bertz CT molecular complexity index is 416. The molecule has 0 aliphatic carbocycles. The summed E-state index contributed by atoms with van der Waals surface area (Å²) in [4.78, 5) is 10.8. The Hall–Kier alpha value is -0.870. The molecular weight excluding hydrogens is 272 g/mol. The lowest BCUT2D eigenvalue weighted by molar-refractivity contribution is 0.215. The summed E-state index contributed by atoms with van der Waals surface area (Å²) in [5.41, 5.74) is 1.06. The van der Waals surface area contributed by atoms with Crippen molar-refractivity contribution in [1.82, 2.24) is 14.9 Å². The zero-order chi connectivity index (χ0) is 14.4. The summed E-state index contributed by atoms with van der Waals surface area (Å²) in [5.74, 6) is 1.76. The first-order valence-corrected chi connectivity index (χ1v) is 8.00. The highest BCUT2D eigenvalue weighted by Gasteiger charge is 2.16. The van der Waals surface area contributed by atoms with E-state index in [9.17, 15) is 0 Å². The monoisotopic (exact) mass is 296 g/mol. The SMILES string of the molecule is CCCc1c(Cl)ncnc1NCCC1CCN(C)CC1. The Morgan fingerprint density at radius 3 is 2.80 bits per heavy atom. The fourth-order valence-corrected chi connectivity index (χ4v) is 2.99. The minimum atomic E-state index is 0.587. The highest BCUT2D eigenvalue weighted by Crippen LogP contribution is 2.23. The minimum Gasteiger partial charge on any atom is -0.370 e. The van der Waals surface area contributed by atoms with E-state index in [1.807, 2.05) is 0 Å². The number of likely N-dealkylation sites (tertiary alicyclic amines) is 1. The summed E-state index contributed by atoms with van der Waals surface area (Å²) in [6.45, 7) is 5.57. The molecule has 112 valence electrons. The van der Waals surface area contributed by atoms with Gasteiger partial charge in [0.25, 0.3) is 0 Å². The van der Waals surface area contributed by atoms with Crippen molar-refractivity contribution < 1.29 is 0 Å². The lowest BCUT2D eigenvalue weighted by atomic mass is 9.94. The minimum absolute atomic E-state index is 0.587. The highest BCUT2D eigenvalue weighted by atomic mass is 35.5. The van der Waals surface area contributed by atoms with E-state index in [0.29, 0.717) is 5.15 Å². The van der Waals surface area contributed by atoms with E-state index in [2.05, 4.69) is 34.2 Å². The molecule has 5 heteroatoms. The van der Waals surface area contributed by atoms with E-state index in [0.717, 1.165) is 36.7 Å². The molecule has 20 heavy (non-hydrogen) atoms. The third kappa shape index (κ3) is 4.32. The molecule has 1 aromatic rings. The van der Waals surface area contributed by atoms with Gasteiger partial charge in [-0.3, -0.25) is 0 Å². The Kier molecular flexibility index (Phi) is 6.05. The number of rotatable bonds is 6. The number of anilines is 1. The van der Waals surface area contributed by atoms with Gasteiger partial charge in [0.2, 0.25) is 0 Å². The van der Waals surface area contributed by atoms with E-state index < -0.39 is 0 Å². The van der Waals surface area contributed by atoms with E-state index in [1.165, 1.54) is 32.4 Å². The molecule has 2 rings (SSSR count). The maximum atomic E-state index is 6.16. The van der Waals surface area contributed by atoms with Crippen LogP contribution in [-0.4, -0.2) is 41.5 Å². The average Bonchev–Trinajstić information content (AvgIpc) is 2.45. The molecule has 0 amide bonds. The summed E-state index contributed by atoms with van der Waals surface area (Å²) >= 11 is 6.16. The molecule has 0 atom stereocenters. The van der Waals surface area contributed by atoms with Gasteiger partial charge in [0.1, 0.15) is 17.3 Å². The van der Waals surface area contributed by atoms with E-state index in [-0.39, 0.29) is 0 Å². The maximum absolute atomic E-state index is 6.16. The van der Waals surface area contributed by atoms with Gasteiger partial charge in [-0.15, -0.1) is 0 Å². The quantitative estimate of drug-likeness (QED) is 0.818. The van der Waals surface area contributed by atoms with Crippen LogP contribution in [0.5, 0.6) is 0 Å². The van der Waals surface area contributed by atoms with Gasteiger partial charge in [-0.25, -0.2) is 9.97 Å². The molecule has 1 N–H and O–H groups in total. The number of nitrogens with one attached hydrogen (secondary N) is 1. The summed E-state index contributed by atoms with van der Waals surface area (Å²) < 4.78 is 0.